The second-order valence-electron chi connectivity index (χ2n) is 6.57. The summed E-state index contributed by atoms with van der Waals surface area (Å²) in [5.41, 5.74) is 2.91. The van der Waals surface area contributed by atoms with Gasteiger partial charge in [0.15, 0.2) is 0 Å². The molecule has 1 aliphatic heterocycles. The Labute approximate surface area is 168 Å². The first kappa shape index (κ1) is 19.7. The van der Waals surface area contributed by atoms with Gasteiger partial charge in [0.1, 0.15) is 0 Å². The Balaban J connectivity index is 1.92. The number of hydrogen-bond donors (Lipinski definition) is 0. The molecule has 2 aromatic rings. The number of aryl methyl sites for hydroxylation is 1. The molecule has 6 nitrogen and oxygen atoms in total. The van der Waals surface area contributed by atoms with Crippen LogP contribution in [0.2, 0.25) is 10.0 Å². The van der Waals surface area contributed by atoms with Gasteiger partial charge in [-0.1, -0.05) is 30.1 Å². The monoisotopic (exact) mass is 408 g/mol. The standard InChI is InChI=1S/C19H22Cl2N4O2/c1-4-17-18(19(27)24-9-7-23(8-10-24)13(3)26)12(2)22-25(17)14-5-6-15(20)16(21)11-14/h5-6,11H,4,7-10H2,1-3H3. The van der Waals surface area contributed by atoms with Gasteiger partial charge in [-0.05, 0) is 31.5 Å². The van der Waals surface area contributed by atoms with Crippen LogP contribution in [0, 0.1) is 6.92 Å². The molecule has 0 N–H and O–H groups in total. The second-order valence-corrected chi connectivity index (χ2v) is 7.38. The fraction of sp³-hybridized carbons (Fsp3) is 0.421. The molecule has 0 bridgehead atoms. The Morgan fingerprint density at radius 2 is 1.70 bits per heavy atom. The van der Waals surface area contributed by atoms with Crippen LogP contribution in [-0.4, -0.2) is 57.6 Å². The van der Waals surface area contributed by atoms with Gasteiger partial charge in [-0.3, -0.25) is 9.59 Å². The summed E-state index contributed by atoms with van der Waals surface area (Å²) < 4.78 is 1.76. The van der Waals surface area contributed by atoms with E-state index in [0.29, 0.717) is 53.9 Å². The molecule has 144 valence electrons. The van der Waals surface area contributed by atoms with Crippen molar-refractivity contribution >= 4 is 35.0 Å². The van der Waals surface area contributed by atoms with E-state index in [0.717, 1.165) is 11.4 Å². The van der Waals surface area contributed by atoms with Crippen molar-refractivity contribution < 1.29 is 9.59 Å². The third-order valence-corrected chi connectivity index (χ3v) is 5.60. The molecule has 1 fully saturated rings. The molecule has 0 radical (unpaired) electrons. The molecule has 8 heteroatoms. The molecule has 0 aliphatic carbocycles. The van der Waals surface area contributed by atoms with E-state index in [2.05, 4.69) is 5.10 Å². The number of hydrogen-bond acceptors (Lipinski definition) is 3. The van der Waals surface area contributed by atoms with Crippen LogP contribution < -0.4 is 0 Å². The van der Waals surface area contributed by atoms with E-state index in [1.807, 2.05) is 19.9 Å². The lowest BCUT2D eigenvalue weighted by molar-refractivity contribution is -0.130. The van der Waals surface area contributed by atoms with Crippen LogP contribution in [0.25, 0.3) is 5.69 Å². The third-order valence-electron chi connectivity index (χ3n) is 4.86. The molecule has 27 heavy (non-hydrogen) atoms. The van der Waals surface area contributed by atoms with Crippen LogP contribution in [0.1, 0.15) is 35.6 Å². The van der Waals surface area contributed by atoms with Crippen molar-refractivity contribution in [1.82, 2.24) is 19.6 Å². The van der Waals surface area contributed by atoms with Crippen molar-refractivity contribution in [1.29, 1.82) is 0 Å². The molecule has 0 spiro atoms. The maximum absolute atomic E-state index is 13.2. The highest BCUT2D eigenvalue weighted by atomic mass is 35.5. The molecule has 1 aromatic heterocycles. The van der Waals surface area contributed by atoms with Gasteiger partial charge in [-0.15, -0.1) is 0 Å². The average Bonchev–Trinajstić information content (AvgIpc) is 2.99. The minimum Gasteiger partial charge on any atom is -0.339 e. The van der Waals surface area contributed by atoms with E-state index in [-0.39, 0.29) is 11.8 Å². The molecule has 0 saturated carbocycles. The number of carbonyl (C=O) groups is 2. The summed E-state index contributed by atoms with van der Waals surface area (Å²) in [5.74, 6) is -0.00109. The van der Waals surface area contributed by atoms with Crippen LogP contribution >= 0.6 is 23.2 Å². The number of rotatable bonds is 3. The minimum atomic E-state index is -0.0427. The van der Waals surface area contributed by atoms with Crippen LogP contribution in [0.5, 0.6) is 0 Å². The maximum Gasteiger partial charge on any atom is 0.257 e. The fourth-order valence-corrected chi connectivity index (χ4v) is 3.69. The van der Waals surface area contributed by atoms with Gasteiger partial charge in [-0.25, -0.2) is 4.68 Å². The zero-order valence-corrected chi connectivity index (χ0v) is 17.1. The van der Waals surface area contributed by atoms with Crippen molar-refractivity contribution in [2.75, 3.05) is 26.2 Å². The molecule has 2 amide bonds. The smallest absolute Gasteiger partial charge is 0.257 e. The number of halogens is 2. The topological polar surface area (TPSA) is 58.4 Å². The number of aromatic nitrogens is 2. The van der Waals surface area contributed by atoms with Gasteiger partial charge in [0.2, 0.25) is 5.91 Å². The molecule has 2 heterocycles. The zero-order chi connectivity index (χ0) is 19.7. The van der Waals surface area contributed by atoms with Crippen LogP contribution in [0.4, 0.5) is 0 Å². The number of carbonyl (C=O) groups excluding carboxylic acids is 2. The number of nitrogens with zero attached hydrogens (tertiary/aromatic N) is 4. The predicted octanol–water partition coefficient (Wildman–Crippen LogP) is 3.35. The first-order chi connectivity index (χ1) is 12.8. The van der Waals surface area contributed by atoms with Crippen LogP contribution in [0.15, 0.2) is 18.2 Å². The molecule has 1 aliphatic rings. The third kappa shape index (κ3) is 3.82. The summed E-state index contributed by atoms with van der Waals surface area (Å²) in [6, 6.07) is 5.30. The van der Waals surface area contributed by atoms with Crippen LogP contribution in [0.3, 0.4) is 0 Å². The Morgan fingerprint density at radius 3 is 2.26 bits per heavy atom. The maximum atomic E-state index is 13.2. The lowest BCUT2D eigenvalue weighted by Crippen LogP contribution is -2.50. The first-order valence-corrected chi connectivity index (χ1v) is 9.67. The van der Waals surface area contributed by atoms with E-state index < -0.39 is 0 Å². The lowest BCUT2D eigenvalue weighted by Gasteiger charge is -2.34. The van der Waals surface area contributed by atoms with Crippen molar-refractivity contribution in [3.8, 4) is 5.69 Å². The van der Waals surface area contributed by atoms with Gasteiger partial charge >= 0.3 is 0 Å². The van der Waals surface area contributed by atoms with Gasteiger partial charge in [-0.2, -0.15) is 5.10 Å². The summed E-state index contributed by atoms with van der Waals surface area (Å²) in [6.07, 6.45) is 0.648. The van der Waals surface area contributed by atoms with E-state index in [9.17, 15) is 9.59 Å². The highest BCUT2D eigenvalue weighted by Crippen LogP contribution is 2.27. The van der Waals surface area contributed by atoms with Gasteiger partial charge in [0, 0.05) is 33.1 Å². The van der Waals surface area contributed by atoms with E-state index in [1.54, 1.807) is 33.5 Å². The Kier molecular flexibility index (Phi) is 5.77. The Hall–Kier alpha value is -2.05. The summed E-state index contributed by atoms with van der Waals surface area (Å²) in [7, 11) is 0. The van der Waals surface area contributed by atoms with Crippen molar-refractivity contribution in [3.63, 3.8) is 0 Å². The minimum absolute atomic E-state index is 0.0416. The lowest BCUT2D eigenvalue weighted by atomic mass is 10.1. The highest BCUT2D eigenvalue weighted by molar-refractivity contribution is 6.42. The fourth-order valence-electron chi connectivity index (χ4n) is 3.39. The van der Waals surface area contributed by atoms with Crippen LogP contribution in [-0.2, 0) is 11.2 Å². The SMILES string of the molecule is CCc1c(C(=O)N2CCN(C(C)=O)CC2)c(C)nn1-c1ccc(Cl)c(Cl)c1. The summed E-state index contributed by atoms with van der Waals surface area (Å²) in [4.78, 5) is 28.2. The summed E-state index contributed by atoms with van der Waals surface area (Å²) in [5, 5.41) is 5.50. The molecule has 1 aromatic carbocycles. The largest absolute Gasteiger partial charge is 0.339 e. The number of benzene rings is 1. The van der Waals surface area contributed by atoms with Crippen molar-refractivity contribution in [3.05, 3.63) is 45.2 Å². The summed E-state index contributed by atoms with van der Waals surface area (Å²) in [6.45, 7) is 7.56. The predicted molar refractivity (Wildman–Crippen MR) is 106 cm³/mol. The number of amides is 2. The van der Waals surface area contributed by atoms with Gasteiger partial charge in [0.25, 0.3) is 5.91 Å². The average molecular weight is 409 g/mol. The normalized spacial score (nSPS) is 14.6. The molecule has 1 saturated heterocycles. The number of piperazine rings is 1. The van der Waals surface area contributed by atoms with E-state index in [4.69, 9.17) is 23.2 Å². The van der Waals surface area contributed by atoms with Crippen molar-refractivity contribution in [2.45, 2.75) is 27.2 Å². The molecule has 0 unspecified atom stereocenters. The second kappa shape index (κ2) is 7.90. The quantitative estimate of drug-likeness (QED) is 0.781. The van der Waals surface area contributed by atoms with E-state index >= 15 is 0 Å². The Morgan fingerprint density at radius 1 is 1.07 bits per heavy atom. The van der Waals surface area contributed by atoms with Gasteiger partial charge < -0.3 is 9.80 Å². The zero-order valence-electron chi connectivity index (χ0n) is 15.6. The highest BCUT2D eigenvalue weighted by Gasteiger charge is 2.28. The van der Waals surface area contributed by atoms with E-state index in [1.165, 1.54) is 0 Å². The Bertz CT molecular complexity index is 886. The molecular formula is C19H22Cl2N4O2. The molecule has 3 rings (SSSR count). The van der Waals surface area contributed by atoms with Gasteiger partial charge in [0.05, 0.1) is 32.7 Å². The molecule has 0 atom stereocenters. The summed E-state index contributed by atoms with van der Waals surface area (Å²) >= 11 is 12.2. The molecular weight excluding hydrogens is 387 g/mol. The van der Waals surface area contributed by atoms with Crippen molar-refractivity contribution in [2.24, 2.45) is 0 Å². The first-order valence-electron chi connectivity index (χ1n) is 8.92.